The maximum absolute atomic E-state index is 12.4. The van der Waals surface area contributed by atoms with Crippen LogP contribution in [-0.2, 0) is 19.4 Å². The molecule has 0 bridgehead atoms. The second kappa shape index (κ2) is 14.6. The molecule has 40 heavy (non-hydrogen) atoms. The zero-order valence-corrected chi connectivity index (χ0v) is 24.2. The van der Waals surface area contributed by atoms with Gasteiger partial charge in [0.25, 0.3) is 0 Å². The van der Waals surface area contributed by atoms with Crippen LogP contribution in [0.3, 0.4) is 0 Å². The molecule has 218 valence electrons. The predicted octanol–water partition coefficient (Wildman–Crippen LogP) is 7.15. The molecule has 0 aliphatic rings. The third kappa shape index (κ3) is 9.02. The van der Waals surface area contributed by atoms with E-state index in [9.17, 15) is 13.2 Å². The fourth-order valence-electron chi connectivity index (χ4n) is 4.01. The van der Waals surface area contributed by atoms with Crippen molar-refractivity contribution in [2.75, 3.05) is 34.4 Å². The van der Waals surface area contributed by atoms with Crippen LogP contribution in [-0.4, -0.2) is 39.9 Å². The molecule has 0 atom stereocenters. The zero-order chi connectivity index (χ0) is 29.3. The molecule has 7 nitrogen and oxygen atoms in total. The van der Waals surface area contributed by atoms with Crippen molar-refractivity contribution in [3.05, 3.63) is 69.7 Å². The largest absolute Gasteiger partial charge is 0.496 e. The Kier molecular flexibility index (Phi) is 11.5. The highest BCUT2D eigenvalue weighted by Crippen LogP contribution is 2.44. The van der Waals surface area contributed by atoms with Gasteiger partial charge in [-0.3, -0.25) is 9.15 Å². The Morgan fingerprint density at radius 3 is 2.05 bits per heavy atom. The number of hydrogen-bond acceptors (Lipinski definition) is 8. The summed E-state index contributed by atoms with van der Waals surface area (Å²) in [6.07, 6.45) is 1.36. The van der Waals surface area contributed by atoms with Gasteiger partial charge < -0.3 is 25.3 Å². The van der Waals surface area contributed by atoms with Gasteiger partial charge in [-0.1, -0.05) is 17.7 Å². The lowest BCUT2D eigenvalue weighted by atomic mass is 10.1. The number of rotatable bonds is 11. The van der Waals surface area contributed by atoms with E-state index in [1.54, 1.807) is 7.11 Å². The van der Waals surface area contributed by atoms with Gasteiger partial charge in [0.2, 0.25) is 11.2 Å². The monoisotopic (exact) mass is 600 g/mol. The van der Waals surface area contributed by atoms with Crippen molar-refractivity contribution in [3.63, 3.8) is 0 Å². The molecule has 4 rings (SSSR count). The van der Waals surface area contributed by atoms with E-state index in [0.29, 0.717) is 18.7 Å². The Hall–Kier alpha value is -2.99. The van der Waals surface area contributed by atoms with Gasteiger partial charge >= 0.3 is 5.51 Å². The Labute approximate surface area is 240 Å². The smallest absolute Gasteiger partial charge is 0.446 e. The second-order valence-corrected chi connectivity index (χ2v) is 10.3. The van der Waals surface area contributed by atoms with Gasteiger partial charge in [0.15, 0.2) is 0 Å². The Balaban J connectivity index is 0.000000226. The number of fused-ring (bicyclic) bond motifs is 1. The third-order valence-corrected chi connectivity index (χ3v) is 6.76. The van der Waals surface area contributed by atoms with E-state index in [1.165, 1.54) is 37.5 Å². The number of alkyl halides is 3. The molecule has 3 aromatic carbocycles. The molecule has 0 aliphatic heterocycles. The van der Waals surface area contributed by atoms with Gasteiger partial charge in [0.1, 0.15) is 17.2 Å². The van der Waals surface area contributed by atoms with Crippen LogP contribution in [0.25, 0.3) is 11.2 Å². The molecular weight excluding hydrogens is 569 g/mol. The molecule has 0 amide bonds. The quantitative estimate of drug-likeness (QED) is 0.107. The van der Waals surface area contributed by atoms with Gasteiger partial charge in [0, 0.05) is 17.6 Å². The van der Waals surface area contributed by atoms with Crippen molar-refractivity contribution in [3.8, 4) is 17.2 Å². The van der Waals surface area contributed by atoms with Crippen LogP contribution in [0.5, 0.6) is 17.2 Å². The summed E-state index contributed by atoms with van der Waals surface area (Å²) in [4.78, 5) is -0.0254. The average molecular weight is 601 g/mol. The highest BCUT2D eigenvalue weighted by Gasteiger charge is 2.31. The van der Waals surface area contributed by atoms with E-state index in [-0.39, 0.29) is 22.4 Å². The molecule has 4 aromatic rings. The molecule has 0 saturated heterocycles. The normalized spacial score (nSPS) is 11.3. The van der Waals surface area contributed by atoms with Crippen molar-refractivity contribution >= 4 is 34.5 Å². The molecule has 1 aromatic heterocycles. The van der Waals surface area contributed by atoms with Gasteiger partial charge in [-0.25, -0.2) is 0 Å². The molecular formula is C28H32ClF3N2O5S. The zero-order valence-electron chi connectivity index (χ0n) is 22.6. The standard InChI is InChI=1S/C17H18ClNO3.C11H14F3NO2S/c1-11-5-12(7-14(18)6-11)10-19-4-3-13-8-16-17(22-21-16)9-15(13)20-2;1-16-8-6-10(18-11(12,13)14)9(17-2)5-7(8)3-4-15/h5-9,19H,3-4,10H2,1-2H3;5-6H,3-4,15H2,1-2H3. The maximum Gasteiger partial charge on any atom is 0.446 e. The van der Waals surface area contributed by atoms with E-state index in [1.807, 2.05) is 31.2 Å². The molecule has 0 unspecified atom stereocenters. The van der Waals surface area contributed by atoms with Crippen LogP contribution in [0.15, 0.2) is 56.5 Å². The second-order valence-electron chi connectivity index (χ2n) is 8.74. The highest BCUT2D eigenvalue weighted by molar-refractivity contribution is 8.00. The van der Waals surface area contributed by atoms with Crippen LogP contribution >= 0.6 is 23.4 Å². The Morgan fingerprint density at radius 2 is 1.48 bits per heavy atom. The van der Waals surface area contributed by atoms with Crippen LogP contribution in [0.4, 0.5) is 13.2 Å². The summed E-state index contributed by atoms with van der Waals surface area (Å²) in [5.41, 5.74) is 6.74. The van der Waals surface area contributed by atoms with Crippen LogP contribution in [0, 0.1) is 6.92 Å². The fourth-order valence-corrected chi connectivity index (χ4v) is 4.98. The van der Waals surface area contributed by atoms with Crippen LogP contribution in [0.2, 0.25) is 5.02 Å². The number of hydrogen-bond donors (Lipinski definition) is 2. The van der Waals surface area contributed by atoms with E-state index in [0.717, 1.165) is 52.6 Å². The first-order valence-corrected chi connectivity index (χ1v) is 13.5. The van der Waals surface area contributed by atoms with Crippen LogP contribution in [0.1, 0.15) is 22.3 Å². The number of thioether (sulfide) groups is 1. The number of halogens is 4. The molecule has 0 saturated carbocycles. The van der Waals surface area contributed by atoms with Crippen molar-refractivity contribution in [2.45, 2.75) is 36.7 Å². The minimum absolute atomic E-state index is 0.0254. The highest BCUT2D eigenvalue weighted by atomic mass is 35.5. The number of nitrogens with one attached hydrogen (secondary N) is 1. The lowest BCUT2D eigenvalue weighted by Gasteiger charge is -2.15. The van der Waals surface area contributed by atoms with Crippen LogP contribution < -0.4 is 25.3 Å². The molecule has 0 aliphatic carbocycles. The predicted molar refractivity (Wildman–Crippen MR) is 151 cm³/mol. The first-order valence-electron chi connectivity index (χ1n) is 12.3. The Bertz CT molecular complexity index is 1370. The molecule has 0 fully saturated rings. The lowest BCUT2D eigenvalue weighted by Crippen LogP contribution is -2.17. The fraction of sp³-hybridized carbons (Fsp3) is 0.357. The molecule has 12 heteroatoms. The van der Waals surface area contributed by atoms with Crippen molar-refractivity contribution in [1.82, 2.24) is 5.32 Å². The first-order chi connectivity index (χ1) is 19.1. The number of benzene rings is 3. The minimum Gasteiger partial charge on any atom is -0.496 e. The molecule has 3 N–H and O–H groups in total. The van der Waals surface area contributed by atoms with E-state index in [2.05, 4.69) is 11.4 Å². The number of methoxy groups -OCH3 is 3. The molecule has 0 radical (unpaired) electrons. The van der Waals surface area contributed by atoms with E-state index >= 15 is 0 Å². The van der Waals surface area contributed by atoms with E-state index < -0.39 is 5.51 Å². The number of ether oxygens (including phenoxy) is 3. The summed E-state index contributed by atoms with van der Waals surface area (Å²) in [5, 5.41) is 4.20. The maximum atomic E-state index is 12.4. The summed E-state index contributed by atoms with van der Waals surface area (Å²) in [6, 6.07) is 12.7. The summed E-state index contributed by atoms with van der Waals surface area (Å²) >= 11 is 5.84. The SMILES string of the molecule is COc1cc(SC(F)(F)F)c(OC)cc1CCN.COc1cc2ooc2cc1CCNCc1cc(C)cc(Cl)c1. The van der Waals surface area contributed by atoms with Crippen molar-refractivity contribution < 1.29 is 36.5 Å². The molecule has 0 spiro atoms. The van der Waals surface area contributed by atoms with Gasteiger partial charge in [0.05, 0.1) is 26.2 Å². The average Bonchev–Trinajstić information content (AvgIpc) is 2.87. The number of aryl methyl sites for hydroxylation is 1. The molecule has 1 heterocycles. The van der Waals surface area contributed by atoms with E-state index in [4.69, 9.17) is 40.7 Å². The van der Waals surface area contributed by atoms with Crippen molar-refractivity contribution in [1.29, 1.82) is 0 Å². The summed E-state index contributed by atoms with van der Waals surface area (Å²) < 4.78 is 62.4. The lowest BCUT2D eigenvalue weighted by molar-refractivity contribution is -0.0328. The van der Waals surface area contributed by atoms with Gasteiger partial charge in [-0.15, -0.1) is 0 Å². The summed E-state index contributed by atoms with van der Waals surface area (Å²) in [6.45, 7) is 4.05. The number of nitrogens with two attached hydrogens (primary N) is 1. The van der Waals surface area contributed by atoms with Gasteiger partial charge in [-0.2, -0.15) is 13.2 Å². The first kappa shape index (κ1) is 31.5. The minimum atomic E-state index is -4.37. The third-order valence-electron chi connectivity index (χ3n) is 5.78. The topological polar surface area (TPSA) is 92.0 Å². The Morgan fingerprint density at radius 1 is 0.850 bits per heavy atom. The summed E-state index contributed by atoms with van der Waals surface area (Å²) in [7, 11) is 4.39. The van der Waals surface area contributed by atoms with Crippen molar-refractivity contribution in [2.24, 2.45) is 5.73 Å². The van der Waals surface area contributed by atoms with Gasteiger partial charge in [-0.05, 0) is 97.2 Å². The summed E-state index contributed by atoms with van der Waals surface area (Å²) in [5.74, 6) is 1.37.